The van der Waals surface area contributed by atoms with Crippen LogP contribution < -0.4 is 4.90 Å². The third kappa shape index (κ3) is 3.31. The Bertz CT molecular complexity index is 843. The Hall–Kier alpha value is -1.99. The lowest BCUT2D eigenvalue weighted by Gasteiger charge is -2.24. The van der Waals surface area contributed by atoms with Gasteiger partial charge in [0, 0.05) is 49.8 Å². The molecular weight excluding hydrogens is 352 g/mol. The fourth-order valence-corrected chi connectivity index (χ4v) is 4.84. The number of likely N-dealkylation sites (tertiary alicyclic amines) is 1. The molecule has 2 aromatic rings. The van der Waals surface area contributed by atoms with Crippen molar-refractivity contribution < 1.29 is 4.74 Å². The lowest BCUT2D eigenvalue weighted by atomic mass is 9.92. The maximum Gasteiger partial charge on any atom is 0.132 e. The number of aromatic nitrogens is 4. The molecule has 2 saturated heterocycles. The Labute approximate surface area is 166 Å². The van der Waals surface area contributed by atoms with Gasteiger partial charge in [0.2, 0.25) is 0 Å². The molecule has 0 saturated carbocycles. The van der Waals surface area contributed by atoms with Gasteiger partial charge in [0.15, 0.2) is 0 Å². The standard InChI is InChI=1S/C21H30N6O/c1-21(2,3)19-6-20(23-14-22-19)26-11-16-9-25(10-17(16)12-26)8-15-7-24-27-4-5-28-13-18(15)27/h6-7,14,16-17H,4-5,8-13H2,1-3H3. The van der Waals surface area contributed by atoms with E-state index >= 15 is 0 Å². The van der Waals surface area contributed by atoms with Crippen molar-refractivity contribution in [2.24, 2.45) is 11.8 Å². The summed E-state index contributed by atoms with van der Waals surface area (Å²) >= 11 is 0. The molecule has 2 aromatic heterocycles. The summed E-state index contributed by atoms with van der Waals surface area (Å²) in [6.45, 7) is 14.5. The fourth-order valence-electron chi connectivity index (χ4n) is 4.84. The van der Waals surface area contributed by atoms with Crippen LogP contribution in [0.5, 0.6) is 0 Å². The largest absolute Gasteiger partial charge is 0.373 e. The molecule has 0 aromatic carbocycles. The molecule has 0 bridgehead atoms. The van der Waals surface area contributed by atoms with E-state index < -0.39 is 0 Å². The highest BCUT2D eigenvalue weighted by molar-refractivity contribution is 5.42. The topological polar surface area (TPSA) is 59.3 Å². The summed E-state index contributed by atoms with van der Waals surface area (Å²) in [4.78, 5) is 14.1. The van der Waals surface area contributed by atoms with Gasteiger partial charge in [-0.15, -0.1) is 0 Å². The van der Waals surface area contributed by atoms with Crippen LogP contribution in [0.1, 0.15) is 37.7 Å². The molecule has 0 spiro atoms. The maximum atomic E-state index is 5.63. The van der Waals surface area contributed by atoms with E-state index in [4.69, 9.17) is 4.74 Å². The highest BCUT2D eigenvalue weighted by Gasteiger charge is 2.40. The second kappa shape index (κ2) is 6.81. The number of hydrogen-bond donors (Lipinski definition) is 0. The van der Waals surface area contributed by atoms with Crippen molar-refractivity contribution in [2.75, 3.05) is 37.7 Å². The smallest absolute Gasteiger partial charge is 0.132 e. The zero-order valence-electron chi connectivity index (χ0n) is 17.1. The minimum Gasteiger partial charge on any atom is -0.373 e. The maximum absolute atomic E-state index is 5.63. The van der Waals surface area contributed by atoms with Crippen LogP contribution in [0.4, 0.5) is 5.82 Å². The monoisotopic (exact) mass is 382 g/mol. The Balaban J connectivity index is 1.23. The molecule has 0 N–H and O–H groups in total. The summed E-state index contributed by atoms with van der Waals surface area (Å²) in [6, 6.07) is 2.18. The average molecular weight is 383 g/mol. The fraction of sp³-hybridized carbons (Fsp3) is 0.667. The van der Waals surface area contributed by atoms with E-state index in [1.54, 1.807) is 6.33 Å². The average Bonchev–Trinajstić information content (AvgIpc) is 3.35. The van der Waals surface area contributed by atoms with Gasteiger partial charge in [0.1, 0.15) is 12.1 Å². The first-order valence-corrected chi connectivity index (χ1v) is 10.4. The van der Waals surface area contributed by atoms with Gasteiger partial charge in [0.25, 0.3) is 0 Å². The first-order valence-electron chi connectivity index (χ1n) is 10.4. The summed E-state index contributed by atoms with van der Waals surface area (Å²) in [5.41, 5.74) is 3.77. The highest BCUT2D eigenvalue weighted by atomic mass is 16.5. The SMILES string of the molecule is CC(C)(C)c1cc(N2CC3CN(Cc4cnn5c4COCC5)CC3C2)ncn1. The van der Waals surface area contributed by atoms with Crippen LogP contribution in [0.15, 0.2) is 18.6 Å². The second-order valence-corrected chi connectivity index (χ2v) is 9.52. The third-order valence-corrected chi connectivity index (χ3v) is 6.42. The van der Waals surface area contributed by atoms with Crippen molar-refractivity contribution in [3.63, 3.8) is 0 Å². The van der Waals surface area contributed by atoms with Gasteiger partial charge in [0.05, 0.1) is 37.3 Å². The zero-order chi connectivity index (χ0) is 19.3. The minimum absolute atomic E-state index is 0.0541. The lowest BCUT2D eigenvalue weighted by Crippen LogP contribution is -2.30. The molecular formula is C21H30N6O. The van der Waals surface area contributed by atoms with E-state index in [9.17, 15) is 0 Å². The predicted octanol–water partition coefficient (Wildman–Crippen LogP) is 2.07. The first kappa shape index (κ1) is 18.1. The van der Waals surface area contributed by atoms with Crippen LogP contribution in [0.25, 0.3) is 0 Å². The van der Waals surface area contributed by atoms with Gasteiger partial charge in [-0.2, -0.15) is 5.10 Å². The number of anilines is 1. The molecule has 3 aliphatic heterocycles. The van der Waals surface area contributed by atoms with Gasteiger partial charge in [-0.1, -0.05) is 20.8 Å². The molecule has 7 heteroatoms. The predicted molar refractivity (Wildman–Crippen MR) is 107 cm³/mol. The number of fused-ring (bicyclic) bond motifs is 2. The summed E-state index contributed by atoms with van der Waals surface area (Å²) < 4.78 is 7.74. The number of hydrogen-bond acceptors (Lipinski definition) is 6. The summed E-state index contributed by atoms with van der Waals surface area (Å²) in [6.07, 6.45) is 3.76. The summed E-state index contributed by atoms with van der Waals surface area (Å²) in [5.74, 6) is 2.52. The van der Waals surface area contributed by atoms with Gasteiger partial charge in [-0.3, -0.25) is 9.58 Å². The molecule has 7 nitrogen and oxygen atoms in total. The van der Waals surface area contributed by atoms with Crippen LogP contribution >= 0.6 is 0 Å². The molecule has 2 unspecified atom stereocenters. The molecule has 0 amide bonds. The zero-order valence-corrected chi connectivity index (χ0v) is 17.1. The van der Waals surface area contributed by atoms with Crippen LogP contribution in [-0.4, -0.2) is 57.4 Å². The summed E-state index contributed by atoms with van der Waals surface area (Å²) in [5, 5.41) is 4.54. The Kier molecular flexibility index (Phi) is 4.39. The molecule has 28 heavy (non-hydrogen) atoms. The Morgan fingerprint density at radius 1 is 1.11 bits per heavy atom. The minimum atomic E-state index is 0.0541. The highest BCUT2D eigenvalue weighted by Crippen LogP contribution is 2.35. The number of nitrogens with zero attached hydrogens (tertiary/aromatic N) is 6. The number of ether oxygens (including phenoxy) is 1. The second-order valence-electron chi connectivity index (χ2n) is 9.52. The van der Waals surface area contributed by atoms with Crippen molar-refractivity contribution in [3.05, 3.63) is 35.5 Å². The van der Waals surface area contributed by atoms with Crippen molar-refractivity contribution in [1.82, 2.24) is 24.6 Å². The molecule has 3 aliphatic rings. The van der Waals surface area contributed by atoms with Crippen LogP contribution in [0.3, 0.4) is 0 Å². The van der Waals surface area contributed by atoms with E-state index in [0.717, 1.165) is 69.2 Å². The van der Waals surface area contributed by atoms with Crippen LogP contribution in [-0.2, 0) is 29.8 Å². The molecule has 2 atom stereocenters. The van der Waals surface area contributed by atoms with Crippen molar-refractivity contribution >= 4 is 5.82 Å². The molecule has 5 heterocycles. The lowest BCUT2D eigenvalue weighted by molar-refractivity contribution is 0.0788. The quantitative estimate of drug-likeness (QED) is 0.810. The van der Waals surface area contributed by atoms with Crippen molar-refractivity contribution in [3.8, 4) is 0 Å². The summed E-state index contributed by atoms with van der Waals surface area (Å²) in [7, 11) is 0. The molecule has 0 aliphatic carbocycles. The van der Waals surface area contributed by atoms with E-state index in [2.05, 4.69) is 56.4 Å². The third-order valence-electron chi connectivity index (χ3n) is 6.42. The van der Waals surface area contributed by atoms with E-state index in [-0.39, 0.29) is 5.41 Å². The number of rotatable bonds is 3. The Morgan fingerprint density at radius 2 is 1.89 bits per heavy atom. The molecule has 0 radical (unpaired) electrons. The van der Waals surface area contributed by atoms with E-state index in [1.807, 2.05) is 6.20 Å². The molecule has 150 valence electrons. The van der Waals surface area contributed by atoms with Gasteiger partial charge in [-0.05, 0) is 11.8 Å². The van der Waals surface area contributed by atoms with Gasteiger partial charge >= 0.3 is 0 Å². The molecule has 5 rings (SSSR count). The van der Waals surface area contributed by atoms with Crippen molar-refractivity contribution in [1.29, 1.82) is 0 Å². The van der Waals surface area contributed by atoms with Gasteiger partial charge < -0.3 is 9.64 Å². The first-order chi connectivity index (χ1) is 13.5. The van der Waals surface area contributed by atoms with Gasteiger partial charge in [-0.25, -0.2) is 9.97 Å². The Morgan fingerprint density at radius 3 is 2.64 bits per heavy atom. The van der Waals surface area contributed by atoms with E-state index in [0.29, 0.717) is 6.61 Å². The van der Waals surface area contributed by atoms with Crippen LogP contribution in [0.2, 0.25) is 0 Å². The van der Waals surface area contributed by atoms with Crippen LogP contribution in [0, 0.1) is 11.8 Å². The molecule has 2 fully saturated rings. The van der Waals surface area contributed by atoms with Crippen molar-refractivity contribution in [2.45, 2.75) is 45.9 Å². The normalized spacial score (nSPS) is 25.2. The van der Waals surface area contributed by atoms with E-state index in [1.165, 1.54) is 11.3 Å².